The summed E-state index contributed by atoms with van der Waals surface area (Å²) >= 11 is 0. The minimum absolute atomic E-state index is 0.0160. The molecule has 0 unspecified atom stereocenters. The minimum atomic E-state index is -1.05. The number of ether oxygens (including phenoxy) is 2. The van der Waals surface area contributed by atoms with Crippen LogP contribution in [0.25, 0.3) is 0 Å². The molecular formula is C26H44O8. The Labute approximate surface area is 203 Å². The monoisotopic (exact) mass is 484 g/mol. The van der Waals surface area contributed by atoms with Crippen molar-refractivity contribution in [2.24, 2.45) is 11.8 Å². The number of aliphatic carboxylic acids is 1. The van der Waals surface area contributed by atoms with Gasteiger partial charge in [0.2, 0.25) is 0 Å². The van der Waals surface area contributed by atoms with E-state index in [9.17, 15) is 24.9 Å². The second-order valence-electron chi connectivity index (χ2n) is 9.50. The molecule has 0 aliphatic carbocycles. The van der Waals surface area contributed by atoms with Crippen LogP contribution in [-0.4, -0.2) is 70.0 Å². The van der Waals surface area contributed by atoms with Gasteiger partial charge in [0, 0.05) is 18.4 Å². The zero-order valence-electron chi connectivity index (χ0n) is 20.9. The lowest BCUT2D eigenvalue weighted by Crippen LogP contribution is -2.50. The molecule has 0 aromatic carbocycles. The maximum Gasteiger partial charge on any atom is 0.330 e. The van der Waals surface area contributed by atoms with Crippen LogP contribution < -0.4 is 0 Å². The summed E-state index contributed by atoms with van der Waals surface area (Å²) in [6.07, 6.45) is 8.56. The van der Waals surface area contributed by atoms with Gasteiger partial charge in [0.25, 0.3) is 0 Å². The van der Waals surface area contributed by atoms with Gasteiger partial charge in [-0.2, -0.15) is 0 Å². The number of unbranched alkanes of at least 4 members (excludes halogenated alkanes) is 5. The van der Waals surface area contributed by atoms with Crippen molar-refractivity contribution in [2.45, 2.75) is 103 Å². The van der Waals surface area contributed by atoms with Gasteiger partial charge in [0.1, 0.15) is 6.10 Å². The lowest BCUT2D eigenvalue weighted by Gasteiger charge is -2.37. The predicted molar refractivity (Wildman–Crippen MR) is 129 cm³/mol. The number of carboxylic acid groups (broad SMARTS) is 1. The van der Waals surface area contributed by atoms with E-state index in [-0.39, 0.29) is 18.3 Å². The number of carbonyl (C=O) groups excluding carboxylic acids is 1. The molecule has 34 heavy (non-hydrogen) atoms. The van der Waals surface area contributed by atoms with Gasteiger partial charge in [0.05, 0.1) is 31.5 Å². The van der Waals surface area contributed by atoms with E-state index in [4.69, 9.17) is 14.6 Å². The summed E-state index contributed by atoms with van der Waals surface area (Å²) in [7, 11) is 0. The summed E-state index contributed by atoms with van der Waals surface area (Å²) in [5.74, 6) is -1.40. The number of hydrogen-bond acceptors (Lipinski definition) is 7. The third kappa shape index (κ3) is 12.6. The van der Waals surface area contributed by atoms with Crippen LogP contribution in [0.2, 0.25) is 0 Å². The third-order valence-electron chi connectivity index (χ3n) is 6.29. The maximum absolute atomic E-state index is 12.0. The highest BCUT2D eigenvalue weighted by Crippen LogP contribution is 2.27. The molecule has 1 rings (SSSR count). The lowest BCUT2D eigenvalue weighted by atomic mass is 9.87. The van der Waals surface area contributed by atoms with Crippen molar-refractivity contribution in [1.82, 2.24) is 0 Å². The Bertz CT molecular complexity index is 657. The Morgan fingerprint density at radius 3 is 2.35 bits per heavy atom. The first-order valence-corrected chi connectivity index (χ1v) is 12.5. The molecule has 1 aliphatic heterocycles. The fourth-order valence-corrected chi connectivity index (χ4v) is 3.84. The van der Waals surface area contributed by atoms with Gasteiger partial charge < -0.3 is 29.9 Å². The number of rotatable bonds is 16. The normalized spacial score (nSPS) is 25.3. The highest BCUT2D eigenvalue weighted by Gasteiger charge is 2.37. The van der Waals surface area contributed by atoms with E-state index < -0.39 is 36.4 Å². The van der Waals surface area contributed by atoms with Crippen molar-refractivity contribution in [3.63, 3.8) is 0 Å². The number of aliphatic hydroxyl groups excluding tert-OH is 3. The van der Waals surface area contributed by atoms with Gasteiger partial charge in [-0.15, -0.1) is 0 Å². The van der Waals surface area contributed by atoms with E-state index in [2.05, 4.69) is 0 Å². The molecule has 6 atom stereocenters. The maximum atomic E-state index is 12.0. The van der Waals surface area contributed by atoms with E-state index >= 15 is 0 Å². The summed E-state index contributed by atoms with van der Waals surface area (Å²) in [4.78, 5) is 22.5. The standard InChI is InChI=1S/C26H44O8/c1-18(16-24(30)33-14-9-7-5-4-6-8-13-23(28)29)15-22-26(32)25(31)21(17-34-22)12-10-11-19(2)20(3)27/h10-11,16,19-22,25-27,31-32H,4-9,12-15,17H2,1-3H3,(H,28,29)/b11-10+,18-16+/t19-,20+,21+,22+,25-,26+/m1/s1. The number of esters is 1. The molecule has 0 spiro atoms. The quantitative estimate of drug-likeness (QED) is 0.113. The van der Waals surface area contributed by atoms with E-state index in [0.717, 1.165) is 32.1 Å². The highest BCUT2D eigenvalue weighted by molar-refractivity contribution is 5.82. The second-order valence-corrected chi connectivity index (χ2v) is 9.50. The Kier molecular flexibility index (Phi) is 15.0. The van der Waals surface area contributed by atoms with Crippen LogP contribution in [0, 0.1) is 11.8 Å². The van der Waals surface area contributed by atoms with Crippen LogP contribution in [0.3, 0.4) is 0 Å². The van der Waals surface area contributed by atoms with E-state index in [1.807, 2.05) is 19.1 Å². The molecule has 0 aromatic heterocycles. The van der Waals surface area contributed by atoms with Gasteiger partial charge in [-0.25, -0.2) is 4.79 Å². The summed E-state index contributed by atoms with van der Waals surface area (Å²) in [5.41, 5.74) is 0.712. The summed E-state index contributed by atoms with van der Waals surface area (Å²) in [6.45, 7) is 6.05. The zero-order chi connectivity index (χ0) is 25.5. The molecule has 0 radical (unpaired) electrons. The fourth-order valence-electron chi connectivity index (χ4n) is 3.84. The predicted octanol–water partition coefficient (Wildman–Crippen LogP) is 3.38. The molecule has 0 amide bonds. The van der Waals surface area contributed by atoms with E-state index in [0.29, 0.717) is 38.0 Å². The van der Waals surface area contributed by atoms with Gasteiger partial charge in [-0.05, 0) is 45.4 Å². The van der Waals surface area contributed by atoms with Crippen LogP contribution in [0.1, 0.15) is 78.6 Å². The van der Waals surface area contributed by atoms with Crippen molar-refractivity contribution in [3.8, 4) is 0 Å². The lowest BCUT2D eigenvalue weighted by molar-refractivity contribution is -0.162. The number of hydrogen-bond donors (Lipinski definition) is 4. The third-order valence-corrected chi connectivity index (χ3v) is 6.29. The molecular weight excluding hydrogens is 440 g/mol. The summed E-state index contributed by atoms with van der Waals surface area (Å²) in [6, 6.07) is 0. The molecule has 0 saturated carbocycles. The Hall–Kier alpha value is -1.74. The molecule has 1 aliphatic rings. The van der Waals surface area contributed by atoms with Crippen LogP contribution in [0.15, 0.2) is 23.8 Å². The first-order valence-electron chi connectivity index (χ1n) is 12.5. The first kappa shape index (κ1) is 30.3. The smallest absolute Gasteiger partial charge is 0.330 e. The average Bonchev–Trinajstić information content (AvgIpc) is 2.76. The molecule has 8 nitrogen and oxygen atoms in total. The topological polar surface area (TPSA) is 134 Å². The van der Waals surface area contributed by atoms with Crippen molar-refractivity contribution < 1.29 is 39.5 Å². The molecule has 0 bridgehead atoms. The first-order chi connectivity index (χ1) is 16.1. The number of allylic oxidation sites excluding steroid dienone is 1. The molecule has 1 heterocycles. The van der Waals surface area contributed by atoms with Crippen molar-refractivity contribution in [2.75, 3.05) is 13.2 Å². The fraction of sp³-hybridized carbons (Fsp3) is 0.769. The highest BCUT2D eigenvalue weighted by atomic mass is 16.5. The van der Waals surface area contributed by atoms with Crippen LogP contribution >= 0.6 is 0 Å². The van der Waals surface area contributed by atoms with E-state index in [1.165, 1.54) is 6.08 Å². The number of carboxylic acids is 1. The summed E-state index contributed by atoms with van der Waals surface area (Å²) < 4.78 is 11.0. The van der Waals surface area contributed by atoms with Gasteiger partial charge in [-0.3, -0.25) is 4.79 Å². The van der Waals surface area contributed by atoms with Gasteiger partial charge in [-0.1, -0.05) is 50.3 Å². The zero-order valence-corrected chi connectivity index (χ0v) is 20.9. The van der Waals surface area contributed by atoms with E-state index in [1.54, 1.807) is 13.8 Å². The van der Waals surface area contributed by atoms with Crippen LogP contribution in [0.5, 0.6) is 0 Å². The van der Waals surface area contributed by atoms with Crippen LogP contribution in [0.4, 0.5) is 0 Å². The Morgan fingerprint density at radius 1 is 1.06 bits per heavy atom. The molecule has 1 saturated heterocycles. The summed E-state index contributed by atoms with van der Waals surface area (Å²) in [5, 5.41) is 39.1. The van der Waals surface area contributed by atoms with Gasteiger partial charge in [0.15, 0.2) is 0 Å². The Morgan fingerprint density at radius 2 is 1.71 bits per heavy atom. The minimum Gasteiger partial charge on any atom is -0.481 e. The number of aliphatic hydroxyl groups is 3. The van der Waals surface area contributed by atoms with Crippen molar-refractivity contribution in [3.05, 3.63) is 23.8 Å². The molecule has 8 heteroatoms. The van der Waals surface area contributed by atoms with Crippen LogP contribution in [-0.2, 0) is 19.1 Å². The van der Waals surface area contributed by atoms with Gasteiger partial charge >= 0.3 is 11.9 Å². The van der Waals surface area contributed by atoms with Crippen molar-refractivity contribution >= 4 is 11.9 Å². The Balaban J connectivity index is 2.28. The molecule has 1 fully saturated rings. The largest absolute Gasteiger partial charge is 0.481 e. The molecule has 4 N–H and O–H groups in total. The molecule has 0 aromatic rings. The van der Waals surface area contributed by atoms with Crippen molar-refractivity contribution in [1.29, 1.82) is 0 Å². The average molecular weight is 485 g/mol. The SMILES string of the molecule is C/C(=C\C(=O)OCCCCCCCCC(=O)O)C[C@@H]1OC[C@H](C/C=C/[C@@H](C)[C@H](C)O)[C@@H](O)[C@H]1O. The second kappa shape index (κ2) is 16.8. The number of carbonyl (C=O) groups is 2. The molecule has 196 valence electrons.